The van der Waals surface area contributed by atoms with Gasteiger partial charge >= 0.3 is 0 Å². The van der Waals surface area contributed by atoms with E-state index >= 15 is 0 Å². The fourth-order valence-electron chi connectivity index (χ4n) is 3.84. The second kappa shape index (κ2) is 10.1. The highest BCUT2D eigenvalue weighted by Crippen LogP contribution is 2.33. The number of nitrogens with zero attached hydrogens (tertiary/aromatic N) is 6. The lowest BCUT2D eigenvalue weighted by Crippen LogP contribution is -2.13. The van der Waals surface area contributed by atoms with Crippen LogP contribution in [0.4, 0.5) is 8.78 Å². The summed E-state index contributed by atoms with van der Waals surface area (Å²) in [5.74, 6) is -0.976. The van der Waals surface area contributed by atoms with Crippen molar-refractivity contribution in [2.24, 2.45) is 0 Å². The highest BCUT2D eigenvalue weighted by atomic mass is 19.1. The van der Waals surface area contributed by atoms with E-state index in [1.165, 1.54) is 25.0 Å². The van der Waals surface area contributed by atoms with Gasteiger partial charge in [0.15, 0.2) is 5.65 Å². The Morgan fingerprint density at radius 2 is 1.80 bits per heavy atom. The number of hydrogen-bond acceptors (Lipinski definition) is 7. The maximum Gasteiger partial charge on any atom is 0.182 e. The van der Waals surface area contributed by atoms with E-state index in [0.29, 0.717) is 48.0 Å². The standard InChI is InChI=1S/C19H18F2N4O2.C6H8N2/c1-10-11(2)23-19-17(22-10)16(14-4-3-13(20)7-15(14)21)24-18(25-19)12-5-6-26-9-27-8-12;1-4-7-8(5-1)6-2-3-6/h3-4,7,12H,5-6,8-9H2,1-2H3;1,4-6H,2-3H2. The van der Waals surface area contributed by atoms with Crippen molar-refractivity contribution < 1.29 is 18.3 Å². The van der Waals surface area contributed by atoms with Gasteiger partial charge < -0.3 is 9.47 Å². The number of aromatic nitrogens is 6. The fraction of sp³-hybridized carbons (Fsp3) is 0.400. The lowest BCUT2D eigenvalue weighted by molar-refractivity contribution is -0.0332. The van der Waals surface area contributed by atoms with Gasteiger partial charge in [-0.05, 0) is 51.3 Å². The second-order valence-corrected chi connectivity index (χ2v) is 8.72. The van der Waals surface area contributed by atoms with Crippen LogP contribution in [0.15, 0.2) is 36.7 Å². The number of rotatable bonds is 3. The molecule has 1 aliphatic carbocycles. The van der Waals surface area contributed by atoms with Crippen LogP contribution in [-0.4, -0.2) is 49.7 Å². The van der Waals surface area contributed by atoms with E-state index in [9.17, 15) is 8.78 Å². The first-order valence-electron chi connectivity index (χ1n) is 11.6. The maximum absolute atomic E-state index is 14.5. The van der Waals surface area contributed by atoms with Crippen LogP contribution >= 0.6 is 0 Å². The molecule has 3 aromatic heterocycles. The Hall–Kier alpha value is -3.37. The average molecular weight is 481 g/mol. The van der Waals surface area contributed by atoms with E-state index in [0.717, 1.165) is 17.8 Å². The van der Waals surface area contributed by atoms with Gasteiger partial charge in [0, 0.05) is 29.9 Å². The van der Waals surface area contributed by atoms with E-state index < -0.39 is 11.6 Å². The highest BCUT2D eigenvalue weighted by Gasteiger charge is 2.24. The molecule has 1 unspecified atom stereocenters. The van der Waals surface area contributed by atoms with Crippen LogP contribution in [0.3, 0.4) is 0 Å². The van der Waals surface area contributed by atoms with Crippen LogP contribution < -0.4 is 0 Å². The first-order valence-corrected chi connectivity index (χ1v) is 11.6. The zero-order valence-corrected chi connectivity index (χ0v) is 19.6. The van der Waals surface area contributed by atoms with Crippen LogP contribution in [0.5, 0.6) is 0 Å². The lowest BCUT2D eigenvalue weighted by Gasteiger charge is -2.15. The molecule has 0 N–H and O–H groups in total. The fourth-order valence-corrected chi connectivity index (χ4v) is 3.84. The molecular formula is C25H26F2N6O2. The number of benzene rings is 1. The first kappa shape index (κ1) is 23.4. The molecule has 1 aromatic carbocycles. The normalized spacial score (nSPS) is 18.1. The minimum Gasteiger partial charge on any atom is -0.355 e. The van der Waals surface area contributed by atoms with Gasteiger partial charge in [0.2, 0.25) is 0 Å². The monoisotopic (exact) mass is 480 g/mol. The molecule has 10 heteroatoms. The Bertz CT molecular complexity index is 1320. The predicted molar refractivity (Wildman–Crippen MR) is 125 cm³/mol. The Kier molecular flexibility index (Phi) is 6.74. The van der Waals surface area contributed by atoms with Gasteiger partial charge in [0.05, 0.1) is 30.6 Å². The van der Waals surface area contributed by atoms with Crippen molar-refractivity contribution >= 4 is 11.2 Å². The van der Waals surface area contributed by atoms with Crippen molar-refractivity contribution in [3.8, 4) is 11.3 Å². The van der Waals surface area contributed by atoms with Gasteiger partial charge in [0.25, 0.3) is 0 Å². The maximum atomic E-state index is 14.5. The van der Waals surface area contributed by atoms with Crippen LogP contribution in [0, 0.1) is 25.5 Å². The first-order chi connectivity index (χ1) is 17.0. The molecule has 1 atom stereocenters. The van der Waals surface area contributed by atoms with Crippen LogP contribution in [0.2, 0.25) is 0 Å². The zero-order valence-electron chi connectivity index (χ0n) is 19.6. The van der Waals surface area contributed by atoms with Crippen molar-refractivity contribution in [3.05, 3.63) is 65.5 Å². The third-order valence-corrected chi connectivity index (χ3v) is 6.05. The van der Waals surface area contributed by atoms with Crippen molar-refractivity contribution in [1.29, 1.82) is 0 Å². The molecule has 0 bridgehead atoms. The molecule has 1 aliphatic heterocycles. The molecule has 182 valence electrons. The quantitative estimate of drug-likeness (QED) is 0.421. The number of ether oxygens (including phenoxy) is 2. The molecule has 35 heavy (non-hydrogen) atoms. The minimum absolute atomic E-state index is 0.109. The van der Waals surface area contributed by atoms with Gasteiger partial charge in [0.1, 0.15) is 35.5 Å². The summed E-state index contributed by atoms with van der Waals surface area (Å²) in [6.45, 7) is 4.79. The summed E-state index contributed by atoms with van der Waals surface area (Å²) in [5, 5.41) is 4.09. The lowest BCUT2D eigenvalue weighted by atomic mass is 10.0. The summed E-state index contributed by atoms with van der Waals surface area (Å²) < 4.78 is 40.6. The van der Waals surface area contributed by atoms with Gasteiger partial charge in [-0.1, -0.05) is 0 Å². The van der Waals surface area contributed by atoms with Gasteiger partial charge in [-0.2, -0.15) is 5.10 Å². The van der Waals surface area contributed by atoms with Crippen LogP contribution in [0.25, 0.3) is 22.4 Å². The highest BCUT2D eigenvalue weighted by molar-refractivity contribution is 5.87. The Morgan fingerprint density at radius 3 is 2.54 bits per heavy atom. The van der Waals surface area contributed by atoms with E-state index in [1.54, 1.807) is 0 Å². The molecule has 1 saturated carbocycles. The topological polar surface area (TPSA) is 87.8 Å². The smallest absolute Gasteiger partial charge is 0.182 e. The molecule has 2 aliphatic rings. The largest absolute Gasteiger partial charge is 0.355 e. The molecule has 6 rings (SSSR count). The van der Waals surface area contributed by atoms with Crippen molar-refractivity contribution in [2.45, 2.75) is 45.1 Å². The summed E-state index contributed by atoms with van der Waals surface area (Å²) in [6.07, 6.45) is 7.18. The van der Waals surface area contributed by atoms with E-state index in [4.69, 9.17) is 9.47 Å². The number of halogens is 2. The summed E-state index contributed by atoms with van der Waals surface area (Å²) >= 11 is 0. The molecular weight excluding hydrogens is 454 g/mol. The van der Waals surface area contributed by atoms with E-state index in [1.807, 2.05) is 37.0 Å². The average Bonchev–Trinajstić information content (AvgIpc) is 3.61. The predicted octanol–water partition coefficient (Wildman–Crippen LogP) is 4.68. The van der Waals surface area contributed by atoms with Crippen molar-refractivity contribution in [2.75, 3.05) is 20.0 Å². The summed E-state index contributed by atoms with van der Waals surface area (Å²) in [7, 11) is 0. The summed E-state index contributed by atoms with van der Waals surface area (Å²) in [6, 6.07) is 6.10. The molecule has 8 nitrogen and oxygen atoms in total. The second-order valence-electron chi connectivity index (χ2n) is 8.72. The number of fused-ring (bicyclic) bond motifs is 1. The van der Waals surface area contributed by atoms with Gasteiger partial charge in [-0.3, -0.25) is 4.68 Å². The van der Waals surface area contributed by atoms with Crippen molar-refractivity contribution in [3.63, 3.8) is 0 Å². The molecule has 0 amide bonds. The Balaban J connectivity index is 0.000000265. The van der Waals surface area contributed by atoms with E-state index in [2.05, 4.69) is 25.0 Å². The SMILES string of the molecule is Cc1nc2nc(C3CCOCOC3)nc(-c3ccc(F)cc3F)c2nc1C.c1cnn(C2CC2)c1. The third kappa shape index (κ3) is 5.33. The molecule has 0 radical (unpaired) electrons. The van der Waals surface area contributed by atoms with Gasteiger partial charge in [-0.25, -0.2) is 28.7 Å². The molecule has 1 saturated heterocycles. The minimum atomic E-state index is -0.707. The molecule has 4 aromatic rings. The Labute approximate surface area is 201 Å². The van der Waals surface area contributed by atoms with Gasteiger partial charge in [-0.15, -0.1) is 0 Å². The number of aryl methyl sites for hydroxylation is 2. The van der Waals surface area contributed by atoms with Crippen molar-refractivity contribution in [1.82, 2.24) is 29.7 Å². The zero-order chi connectivity index (χ0) is 24.4. The number of hydrogen-bond donors (Lipinski definition) is 0. The van der Waals surface area contributed by atoms with Crippen LogP contribution in [0.1, 0.15) is 48.4 Å². The third-order valence-electron chi connectivity index (χ3n) is 6.05. The molecule has 0 spiro atoms. The summed E-state index contributed by atoms with van der Waals surface area (Å²) in [4.78, 5) is 18.2. The Morgan fingerprint density at radius 1 is 0.971 bits per heavy atom. The molecule has 4 heterocycles. The van der Waals surface area contributed by atoms with E-state index in [-0.39, 0.29) is 18.3 Å². The summed E-state index contributed by atoms with van der Waals surface area (Å²) in [5.41, 5.74) is 2.67. The molecule has 2 fully saturated rings. The van der Waals surface area contributed by atoms with Crippen LogP contribution in [-0.2, 0) is 9.47 Å².